The number of benzene rings is 2. The summed E-state index contributed by atoms with van der Waals surface area (Å²) in [6, 6.07) is 12.0. The van der Waals surface area contributed by atoms with Crippen LogP contribution in [0.5, 0.6) is 5.75 Å². The van der Waals surface area contributed by atoms with Gasteiger partial charge in [0.15, 0.2) is 5.78 Å². The second kappa shape index (κ2) is 7.55. The van der Waals surface area contributed by atoms with Gasteiger partial charge in [0, 0.05) is 16.7 Å². The molecule has 0 bridgehead atoms. The zero-order chi connectivity index (χ0) is 24.5. The van der Waals surface area contributed by atoms with Gasteiger partial charge < -0.3 is 9.64 Å². The maximum atomic E-state index is 13.9. The van der Waals surface area contributed by atoms with Crippen molar-refractivity contribution in [2.24, 2.45) is 17.3 Å². The van der Waals surface area contributed by atoms with Crippen molar-refractivity contribution >= 4 is 34.5 Å². The van der Waals surface area contributed by atoms with Crippen LogP contribution < -0.4 is 14.5 Å². The highest BCUT2D eigenvalue weighted by molar-refractivity contribution is 6.25. The molecule has 3 aliphatic heterocycles. The number of aryl methyl sites for hydroxylation is 1. The van der Waals surface area contributed by atoms with Crippen LogP contribution in [-0.2, 0) is 14.4 Å². The lowest BCUT2D eigenvalue weighted by Gasteiger charge is -2.39. The summed E-state index contributed by atoms with van der Waals surface area (Å²) in [4.78, 5) is 44.8. The minimum absolute atomic E-state index is 0.0257. The summed E-state index contributed by atoms with van der Waals surface area (Å²) in [5.41, 5.74) is 4.00. The number of carbonyl (C=O) groups excluding carboxylic acids is 3. The molecule has 0 aromatic heterocycles. The quantitative estimate of drug-likeness (QED) is 0.638. The summed E-state index contributed by atoms with van der Waals surface area (Å²) in [5.74, 6) is -1.29. The van der Waals surface area contributed by atoms with Crippen molar-refractivity contribution in [2.75, 3.05) is 16.9 Å². The Morgan fingerprint density at radius 3 is 2.21 bits per heavy atom. The number of ketones is 1. The fraction of sp³-hybridized carbons (Fsp3) is 0.393. The number of imide groups is 1. The first kappa shape index (κ1) is 22.4. The van der Waals surface area contributed by atoms with Crippen molar-refractivity contribution in [3.63, 3.8) is 0 Å². The highest BCUT2D eigenvalue weighted by Gasteiger charge is 2.65. The summed E-state index contributed by atoms with van der Waals surface area (Å²) >= 11 is 0. The van der Waals surface area contributed by atoms with Gasteiger partial charge >= 0.3 is 0 Å². The van der Waals surface area contributed by atoms with E-state index < -0.39 is 23.3 Å². The second-order valence-electron chi connectivity index (χ2n) is 10.6. The molecule has 2 amide bonds. The van der Waals surface area contributed by atoms with Crippen LogP contribution in [0.15, 0.2) is 48.5 Å². The van der Waals surface area contributed by atoms with Crippen molar-refractivity contribution in [1.29, 1.82) is 0 Å². The van der Waals surface area contributed by atoms with E-state index in [4.69, 9.17) is 4.74 Å². The van der Waals surface area contributed by atoms with E-state index in [9.17, 15) is 14.4 Å². The van der Waals surface area contributed by atoms with Crippen molar-refractivity contribution in [3.05, 3.63) is 59.7 Å². The van der Waals surface area contributed by atoms with Crippen molar-refractivity contribution in [2.45, 2.75) is 46.7 Å². The number of ether oxygens (including phenoxy) is 1. The van der Waals surface area contributed by atoms with E-state index >= 15 is 0 Å². The van der Waals surface area contributed by atoms with Crippen LogP contribution in [0.1, 0.15) is 38.8 Å². The average molecular weight is 459 g/mol. The number of Topliss-reactive ketones (excluding diaryl/α,β-unsaturated/α-hetero) is 1. The fourth-order valence-corrected chi connectivity index (χ4v) is 5.69. The number of anilines is 2. The van der Waals surface area contributed by atoms with Gasteiger partial charge in [-0.1, -0.05) is 38.5 Å². The fourth-order valence-electron chi connectivity index (χ4n) is 5.69. The highest BCUT2D eigenvalue weighted by atomic mass is 16.5. The summed E-state index contributed by atoms with van der Waals surface area (Å²) in [5, 5.41) is 0. The van der Waals surface area contributed by atoms with Gasteiger partial charge in [-0.25, -0.2) is 4.90 Å². The molecule has 0 spiro atoms. The predicted molar refractivity (Wildman–Crippen MR) is 132 cm³/mol. The molecular weight excluding hydrogens is 428 g/mol. The molecule has 6 heteroatoms. The third-order valence-electron chi connectivity index (χ3n) is 7.34. The van der Waals surface area contributed by atoms with Gasteiger partial charge in [0.25, 0.3) is 0 Å². The zero-order valence-electron chi connectivity index (χ0n) is 20.5. The van der Waals surface area contributed by atoms with E-state index in [2.05, 4.69) is 12.1 Å². The topological polar surface area (TPSA) is 66.9 Å². The molecule has 1 unspecified atom stereocenters. The van der Waals surface area contributed by atoms with Crippen LogP contribution in [0.2, 0.25) is 0 Å². The molecule has 0 radical (unpaired) electrons. The maximum absolute atomic E-state index is 13.9. The number of hydrogen-bond donors (Lipinski definition) is 0. The van der Waals surface area contributed by atoms with Crippen molar-refractivity contribution in [1.82, 2.24) is 0 Å². The molecule has 2 aromatic rings. The number of rotatable bonds is 3. The molecule has 2 saturated heterocycles. The van der Waals surface area contributed by atoms with E-state index in [0.29, 0.717) is 11.4 Å². The smallest absolute Gasteiger partial charge is 0.240 e. The molecule has 2 fully saturated rings. The minimum atomic E-state index is -0.734. The van der Waals surface area contributed by atoms with Gasteiger partial charge in [-0.15, -0.1) is 0 Å². The monoisotopic (exact) mass is 458 g/mol. The largest absolute Gasteiger partial charge is 0.497 e. The lowest BCUT2D eigenvalue weighted by Crippen LogP contribution is -2.51. The van der Waals surface area contributed by atoms with Crippen molar-refractivity contribution in [3.8, 4) is 5.75 Å². The second-order valence-corrected chi connectivity index (χ2v) is 10.6. The summed E-state index contributed by atoms with van der Waals surface area (Å²) in [7, 11) is 1.57. The summed E-state index contributed by atoms with van der Waals surface area (Å²) in [6.45, 7) is 9.70. The Hall–Kier alpha value is -3.41. The van der Waals surface area contributed by atoms with E-state index in [1.54, 1.807) is 31.4 Å². The standard InChI is InChI=1S/C28H30N2O4/c1-15-7-12-20-19(13-15)16(2)14-21-22-23(24(30(20)21)25(31)28(3,4)5)27(33)29(26(22)32)17-8-10-18(34-6)11-9-17/h7-14,21-24H,1-6H3/t21?,22-,23-,24+/m0/s1. The van der Waals surface area contributed by atoms with Crippen LogP contribution in [-0.4, -0.2) is 36.8 Å². The Morgan fingerprint density at radius 1 is 0.941 bits per heavy atom. The van der Waals surface area contributed by atoms with E-state index in [1.807, 2.05) is 51.7 Å². The van der Waals surface area contributed by atoms with Crippen LogP contribution in [0.25, 0.3) is 5.57 Å². The molecule has 0 saturated carbocycles. The number of hydrogen-bond acceptors (Lipinski definition) is 5. The average Bonchev–Trinajstić information content (AvgIpc) is 3.25. The third-order valence-corrected chi connectivity index (χ3v) is 7.34. The normalized spacial score (nSPS) is 25.6. The molecular formula is C28H30N2O4. The lowest BCUT2D eigenvalue weighted by molar-refractivity contribution is -0.132. The Morgan fingerprint density at radius 2 is 1.59 bits per heavy atom. The molecule has 5 rings (SSSR count). The number of carbonyl (C=O) groups is 3. The van der Waals surface area contributed by atoms with Gasteiger partial charge in [-0.3, -0.25) is 14.4 Å². The first-order chi connectivity index (χ1) is 16.0. The molecule has 3 aliphatic rings. The highest BCUT2D eigenvalue weighted by Crippen LogP contribution is 2.51. The van der Waals surface area contributed by atoms with E-state index in [1.165, 1.54) is 4.90 Å². The molecule has 0 aliphatic carbocycles. The number of nitrogens with zero attached hydrogens (tertiary/aromatic N) is 2. The van der Waals surface area contributed by atoms with E-state index in [-0.39, 0.29) is 23.6 Å². The molecule has 3 heterocycles. The van der Waals surface area contributed by atoms with Crippen molar-refractivity contribution < 1.29 is 19.1 Å². The molecule has 0 N–H and O–H groups in total. The van der Waals surface area contributed by atoms with Gasteiger partial charge in [0.05, 0.1) is 30.7 Å². The molecule has 6 nitrogen and oxygen atoms in total. The maximum Gasteiger partial charge on any atom is 0.240 e. The summed E-state index contributed by atoms with van der Waals surface area (Å²) in [6.07, 6.45) is 2.07. The number of fused-ring (bicyclic) bond motifs is 5. The zero-order valence-corrected chi connectivity index (χ0v) is 20.5. The minimum Gasteiger partial charge on any atom is -0.497 e. The number of allylic oxidation sites excluding steroid dienone is 1. The number of amides is 2. The van der Waals surface area contributed by atoms with Crippen LogP contribution in [0.4, 0.5) is 11.4 Å². The Balaban J connectivity index is 1.66. The van der Waals surface area contributed by atoms with Gasteiger partial charge in [0.2, 0.25) is 11.8 Å². The molecule has 2 aromatic carbocycles. The van der Waals surface area contributed by atoms with Crippen LogP contribution in [0, 0.1) is 24.2 Å². The Kier molecular flexibility index (Phi) is 4.97. The van der Waals surface area contributed by atoms with Gasteiger partial charge in [0.1, 0.15) is 11.8 Å². The van der Waals surface area contributed by atoms with Crippen LogP contribution in [0.3, 0.4) is 0 Å². The Bertz CT molecular complexity index is 1240. The molecule has 34 heavy (non-hydrogen) atoms. The third kappa shape index (κ3) is 3.11. The Labute approximate surface area is 200 Å². The lowest BCUT2D eigenvalue weighted by atomic mass is 9.79. The SMILES string of the molecule is COc1ccc(N2C(=O)[C@H]3[C@@H](C2=O)C2C=C(C)c4cc(C)ccc4N2[C@H]3C(=O)C(C)(C)C)cc1. The number of methoxy groups -OCH3 is 1. The van der Waals surface area contributed by atoms with Crippen LogP contribution >= 0.6 is 0 Å². The first-order valence-electron chi connectivity index (χ1n) is 11.7. The molecule has 176 valence electrons. The summed E-state index contributed by atoms with van der Waals surface area (Å²) < 4.78 is 5.22. The van der Waals surface area contributed by atoms with Gasteiger partial charge in [-0.05, 0) is 55.8 Å². The predicted octanol–water partition coefficient (Wildman–Crippen LogP) is 4.40. The van der Waals surface area contributed by atoms with Gasteiger partial charge in [-0.2, -0.15) is 0 Å². The van der Waals surface area contributed by atoms with E-state index in [0.717, 1.165) is 22.4 Å². The molecule has 4 atom stereocenters. The first-order valence-corrected chi connectivity index (χ1v) is 11.7.